The second-order valence-corrected chi connectivity index (χ2v) is 6.43. The first-order valence-corrected chi connectivity index (χ1v) is 7.23. The molecule has 0 spiro atoms. The minimum Gasteiger partial charge on any atom is -0.310 e. The van der Waals surface area contributed by atoms with E-state index in [0.29, 0.717) is 6.04 Å². The Morgan fingerprint density at radius 2 is 2.18 bits per heavy atom. The second kappa shape index (κ2) is 5.80. The molecule has 5 heteroatoms. The maximum absolute atomic E-state index is 4.26. The second-order valence-electron chi connectivity index (χ2n) is 4.26. The molecule has 0 saturated heterocycles. The van der Waals surface area contributed by atoms with E-state index in [1.54, 1.807) is 0 Å². The highest BCUT2D eigenvalue weighted by Crippen LogP contribution is 2.18. The van der Waals surface area contributed by atoms with Crippen molar-refractivity contribution in [1.29, 1.82) is 0 Å². The summed E-state index contributed by atoms with van der Waals surface area (Å²) in [6.45, 7) is 6.12. The van der Waals surface area contributed by atoms with E-state index in [-0.39, 0.29) is 0 Å². The molecule has 92 valence electrons. The normalized spacial score (nSPS) is 11.3. The summed E-state index contributed by atoms with van der Waals surface area (Å²) in [5.41, 5.74) is 0. The van der Waals surface area contributed by atoms with Crippen LogP contribution >= 0.6 is 27.3 Å². The minimum atomic E-state index is 0.530. The zero-order valence-electron chi connectivity index (χ0n) is 9.98. The summed E-state index contributed by atoms with van der Waals surface area (Å²) in [6, 6.07) is 4.90. The molecule has 3 nitrogen and oxygen atoms in total. The summed E-state index contributed by atoms with van der Waals surface area (Å²) >= 11 is 5.24. The molecule has 0 fully saturated rings. The fourth-order valence-electron chi connectivity index (χ4n) is 1.49. The molecular weight excluding hydrogens is 298 g/mol. The lowest BCUT2D eigenvalue weighted by Gasteiger charge is -2.05. The third-order valence-corrected chi connectivity index (χ3v) is 3.80. The van der Waals surface area contributed by atoms with Crippen LogP contribution in [0.4, 0.5) is 0 Å². The fourth-order valence-corrected chi connectivity index (χ4v) is 2.78. The van der Waals surface area contributed by atoms with Gasteiger partial charge >= 0.3 is 0 Å². The zero-order chi connectivity index (χ0) is 12.3. The van der Waals surface area contributed by atoms with Crippen LogP contribution in [0.2, 0.25) is 0 Å². The maximum atomic E-state index is 4.26. The largest absolute Gasteiger partial charge is 0.310 e. The van der Waals surface area contributed by atoms with Gasteiger partial charge in [0.1, 0.15) is 0 Å². The van der Waals surface area contributed by atoms with E-state index in [1.165, 1.54) is 9.75 Å². The summed E-state index contributed by atoms with van der Waals surface area (Å²) in [5.74, 6) is 0. The molecule has 0 aliphatic rings. The molecule has 0 aliphatic carbocycles. The van der Waals surface area contributed by atoms with Gasteiger partial charge in [-0.25, -0.2) is 0 Å². The van der Waals surface area contributed by atoms with Gasteiger partial charge in [0.05, 0.1) is 17.2 Å². The standard InChI is InChI=1S/C12H16BrN3S/c1-9(2)14-6-11-3-4-12(17-11)8-16-7-10(13)5-15-16/h3-5,7,9,14H,6,8H2,1-2H3. The summed E-state index contributed by atoms with van der Waals surface area (Å²) in [7, 11) is 0. The molecule has 0 radical (unpaired) electrons. The van der Waals surface area contributed by atoms with E-state index in [1.807, 2.05) is 28.4 Å². The first-order chi connectivity index (χ1) is 8.13. The number of hydrogen-bond acceptors (Lipinski definition) is 3. The van der Waals surface area contributed by atoms with Crippen molar-refractivity contribution in [2.24, 2.45) is 0 Å². The summed E-state index contributed by atoms with van der Waals surface area (Å²) < 4.78 is 2.96. The molecule has 0 bridgehead atoms. The van der Waals surface area contributed by atoms with Crippen LogP contribution in [-0.4, -0.2) is 15.8 Å². The molecule has 0 aliphatic heterocycles. The van der Waals surface area contributed by atoms with E-state index in [2.05, 4.69) is 52.3 Å². The Labute approximate surface area is 114 Å². The van der Waals surface area contributed by atoms with Gasteiger partial charge in [0.25, 0.3) is 0 Å². The molecule has 17 heavy (non-hydrogen) atoms. The average Bonchev–Trinajstić information content (AvgIpc) is 2.86. The zero-order valence-corrected chi connectivity index (χ0v) is 12.4. The predicted molar refractivity (Wildman–Crippen MR) is 75.3 cm³/mol. The summed E-state index contributed by atoms with van der Waals surface area (Å²) in [6.07, 6.45) is 3.81. The minimum absolute atomic E-state index is 0.530. The molecule has 0 amide bonds. The van der Waals surface area contributed by atoms with Gasteiger partial charge in [0, 0.05) is 28.5 Å². The Kier molecular flexibility index (Phi) is 4.36. The first kappa shape index (κ1) is 12.8. The van der Waals surface area contributed by atoms with Crippen LogP contribution in [0.5, 0.6) is 0 Å². The van der Waals surface area contributed by atoms with Gasteiger partial charge in [0.15, 0.2) is 0 Å². The van der Waals surface area contributed by atoms with Gasteiger partial charge in [-0.15, -0.1) is 11.3 Å². The van der Waals surface area contributed by atoms with Gasteiger partial charge in [-0.1, -0.05) is 13.8 Å². The molecule has 2 heterocycles. The third-order valence-electron chi connectivity index (χ3n) is 2.32. The number of aromatic nitrogens is 2. The van der Waals surface area contributed by atoms with Gasteiger partial charge in [0.2, 0.25) is 0 Å². The van der Waals surface area contributed by atoms with Gasteiger partial charge in [-0.05, 0) is 28.1 Å². The van der Waals surface area contributed by atoms with Crippen LogP contribution in [-0.2, 0) is 13.1 Å². The van der Waals surface area contributed by atoms with Gasteiger partial charge in [-0.2, -0.15) is 5.10 Å². The molecule has 2 rings (SSSR count). The van der Waals surface area contributed by atoms with Gasteiger partial charge in [-0.3, -0.25) is 4.68 Å². The molecule has 0 saturated carbocycles. The topological polar surface area (TPSA) is 29.9 Å². The van der Waals surface area contributed by atoms with E-state index >= 15 is 0 Å². The number of nitrogens with one attached hydrogen (secondary N) is 1. The van der Waals surface area contributed by atoms with Crippen LogP contribution in [0.15, 0.2) is 29.0 Å². The van der Waals surface area contributed by atoms with E-state index < -0.39 is 0 Å². The van der Waals surface area contributed by atoms with Crippen LogP contribution in [0, 0.1) is 0 Å². The molecule has 2 aromatic rings. The van der Waals surface area contributed by atoms with Crippen molar-refractivity contribution < 1.29 is 0 Å². The van der Waals surface area contributed by atoms with Crippen molar-refractivity contribution in [2.45, 2.75) is 33.0 Å². The number of thiophene rings is 1. The van der Waals surface area contributed by atoms with Crippen LogP contribution in [0.3, 0.4) is 0 Å². The molecular formula is C12H16BrN3S. The molecule has 0 aromatic carbocycles. The number of hydrogen-bond donors (Lipinski definition) is 1. The van der Waals surface area contributed by atoms with Crippen molar-refractivity contribution in [1.82, 2.24) is 15.1 Å². The smallest absolute Gasteiger partial charge is 0.0752 e. The van der Waals surface area contributed by atoms with Crippen LogP contribution in [0.25, 0.3) is 0 Å². The van der Waals surface area contributed by atoms with E-state index in [4.69, 9.17) is 0 Å². The predicted octanol–water partition coefficient (Wildman–Crippen LogP) is 3.25. The maximum Gasteiger partial charge on any atom is 0.0752 e. The Morgan fingerprint density at radius 1 is 1.41 bits per heavy atom. The molecule has 0 atom stereocenters. The van der Waals surface area contributed by atoms with Crippen molar-refractivity contribution >= 4 is 27.3 Å². The van der Waals surface area contributed by atoms with Gasteiger partial charge < -0.3 is 5.32 Å². The Bertz CT molecular complexity index is 476. The van der Waals surface area contributed by atoms with Crippen molar-refractivity contribution in [2.75, 3.05) is 0 Å². The highest BCUT2D eigenvalue weighted by atomic mass is 79.9. The highest BCUT2D eigenvalue weighted by molar-refractivity contribution is 9.10. The average molecular weight is 314 g/mol. The number of halogens is 1. The van der Waals surface area contributed by atoms with E-state index in [0.717, 1.165) is 17.6 Å². The SMILES string of the molecule is CC(C)NCc1ccc(Cn2cc(Br)cn2)s1. The van der Waals surface area contributed by atoms with Crippen LogP contribution in [0.1, 0.15) is 23.6 Å². The fraction of sp³-hybridized carbons (Fsp3) is 0.417. The first-order valence-electron chi connectivity index (χ1n) is 5.62. The number of nitrogens with zero attached hydrogens (tertiary/aromatic N) is 2. The number of rotatable bonds is 5. The summed E-state index contributed by atoms with van der Waals surface area (Å²) in [5, 5.41) is 7.68. The lowest BCUT2D eigenvalue weighted by atomic mass is 10.3. The van der Waals surface area contributed by atoms with Crippen molar-refractivity contribution in [3.05, 3.63) is 38.8 Å². The monoisotopic (exact) mass is 313 g/mol. The quantitative estimate of drug-likeness (QED) is 0.918. The third kappa shape index (κ3) is 3.94. The van der Waals surface area contributed by atoms with E-state index in [9.17, 15) is 0 Å². The Morgan fingerprint density at radius 3 is 2.82 bits per heavy atom. The Hall–Kier alpha value is -0.650. The van der Waals surface area contributed by atoms with Crippen molar-refractivity contribution in [3.63, 3.8) is 0 Å². The lowest BCUT2D eigenvalue weighted by molar-refractivity contribution is 0.593. The van der Waals surface area contributed by atoms with Crippen LogP contribution < -0.4 is 5.32 Å². The highest BCUT2D eigenvalue weighted by Gasteiger charge is 2.03. The lowest BCUT2D eigenvalue weighted by Crippen LogP contribution is -2.21. The molecule has 0 unspecified atom stereocenters. The molecule has 2 aromatic heterocycles. The molecule has 1 N–H and O–H groups in total. The Balaban J connectivity index is 1.94. The summed E-state index contributed by atoms with van der Waals surface area (Å²) in [4.78, 5) is 2.71. The van der Waals surface area contributed by atoms with Crippen molar-refractivity contribution in [3.8, 4) is 0 Å².